The molecule has 0 aliphatic heterocycles. The van der Waals surface area contributed by atoms with Gasteiger partial charge >= 0.3 is 0 Å². The maximum absolute atomic E-state index is 13.9. The first-order valence-electron chi connectivity index (χ1n) is 7.70. The van der Waals surface area contributed by atoms with Crippen LogP contribution >= 0.6 is 0 Å². The smallest absolute Gasteiger partial charge is 0.216 e. The van der Waals surface area contributed by atoms with Crippen molar-refractivity contribution in [3.8, 4) is 5.88 Å². The number of aromatic nitrogens is 4. The quantitative estimate of drug-likeness (QED) is 0.535. The zero-order valence-electron chi connectivity index (χ0n) is 13.9. The minimum Gasteiger partial charge on any atom is -0.481 e. The molecule has 0 atom stereocenters. The van der Waals surface area contributed by atoms with E-state index in [4.69, 9.17) is 14.7 Å². The molecule has 2 aromatic carbocycles. The predicted octanol–water partition coefficient (Wildman–Crippen LogP) is 4.10. The predicted molar refractivity (Wildman–Crippen MR) is 91.9 cm³/mol. The van der Waals surface area contributed by atoms with Crippen molar-refractivity contribution in [3.63, 3.8) is 0 Å². The molecule has 4 rings (SSSR count). The average molecular weight is 324 g/mol. The Bertz CT molecular complexity index is 1100. The fourth-order valence-electron chi connectivity index (χ4n) is 2.98. The van der Waals surface area contributed by atoms with Crippen LogP contribution in [0.4, 0.5) is 4.39 Å². The molecule has 0 amide bonds. The van der Waals surface area contributed by atoms with E-state index in [1.807, 2.05) is 0 Å². The van der Waals surface area contributed by atoms with Gasteiger partial charge < -0.3 is 4.74 Å². The van der Waals surface area contributed by atoms with Crippen molar-refractivity contribution in [3.05, 3.63) is 36.0 Å². The number of hydrogen-bond donors (Lipinski definition) is 1. The van der Waals surface area contributed by atoms with E-state index < -0.39 is 0 Å². The highest BCUT2D eigenvalue weighted by Crippen LogP contribution is 2.38. The molecule has 0 aliphatic carbocycles. The summed E-state index contributed by atoms with van der Waals surface area (Å²) >= 11 is 0. The lowest BCUT2D eigenvalue weighted by Crippen LogP contribution is -2.12. The average Bonchev–Trinajstić information content (AvgIpc) is 3.00. The number of rotatable bonds is 1. The zero-order valence-corrected chi connectivity index (χ0v) is 13.9. The van der Waals surface area contributed by atoms with E-state index in [1.165, 1.54) is 12.1 Å². The van der Waals surface area contributed by atoms with Gasteiger partial charge in [-0.2, -0.15) is 5.10 Å². The second-order valence-electron chi connectivity index (χ2n) is 6.88. The van der Waals surface area contributed by atoms with Crippen LogP contribution in [0.25, 0.3) is 32.6 Å². The highest BCUT2D eigenvalue weighted by Gasteiger charge is 2.23. The number of imidazole rings is 1. The number of nitrogens with zero attached hydrogens (tertiary/aromatic N) is 3. The number of ether oxygens (including phenoxy) is 1. The topological polar surface area (TPSA) is 63.7 Å². The lowest BCUT2D eigenvalue weighted by molar-refractivity contribution is 0.398. The van der Waals surface area contributed by atoms with Crippen LogP contribution in [0.2, 0.25) is 0 Å². The first kappa shape index (κ1) is 14.8. The highest BCUT2D eigenvalue weighted by molar-refractivity contribution is 6.24. The SMILES string of the molecule is COc1[nH]ncc2c3nc(C(C)(C)C)nc3c3ccc(F)cc3c12. The molecule has 0 bridgehead atoms. The van der Waals surface area contributed by atoms with Gasteiger partial charge in [0.2, 0.25) is 5.88 Å². The Morgan fingerprint density at radius 1 is 1.04 bits per heavy atom. The van der Waals surface area contributed by atoms with Crippen LogP contribution < -0.4 is 4.74 Å². The second-order valence-corrected chi connectivity index (χ2v) is 6.88. The molecule has 0 fully saturated rings. The van der Waals surface area contributed by atoms with Gasteiger partial charge in [-0.05, 0) is 18.2 Å². The minimum absolute atomic E-state index is 0.184. The monoisotopic (exact) mass is 324 g/mol. The summed E-state index contributed by atoms with van der Waals surface area (Å²) in [7, 11) is 1.56. The van der Waals surface area contributed by atoms with Crippen molar-refractivity contribution < 1.29 is 9.13 Å². The molecule has 0 saturated heterocycles. The number of nitrogens with one attached hydrogen (secondary N) is 1. The van der Waals surface area contributed by atoms with Crippen LogP contribution in [0.5, 0.6) is 5.88 Å². The Labute approximate surface area is 137 Å². The molecule has 0 radical (unpaired) electrons. The van der Waals surface area contributed by atoms with Gasteiger partial charge in [-0.3, -0.25) is 0 Å². The van der Waals surface area contributed by atoms with Gasteiger partial charge in [-0.1, -0.05) is 20.8 Å². The molecule has 0 unspecified atom stereocenters. The third kappa shape index (κ3) is 2.02. The normalized spacial score (nSPS) is 12.4. The van der Waals surface area contributed by atoms with E-state index in [0.717, 1.165) is 38.4 Å². The second kappa shape index (κ2) is 4.87. The fourth-order valence-corrected chi connectivity index (χ4v) is 2.98. The van der Waals surface area contributed by atoms with Gasteiger partial charge in [0.05, 0.1) is 24.2 Å². The molecule has 0 spiro atoms. The summed E-state index contributed by atoms with van der Waals surface area (Å²) in [6, 6.07) is 4.68. The molecular weight excluding hydrogens is 307 g/mol. The van der Waals surface area contributed by atoms with Crippen LogP contribution in [0.1, 0.15) is 26.6 Å². The molecule has 1 N–H and O–H groups in total. The summed E-state index contributed by atoms with van der Waals surface area (Å²) in [4.78, 5) is 9.48. The number of H-pyrrole nitrogens is 1. The zero-order chi connectivity index (χ0) is 17.1. The van der Waals surface area contributed by atoms with Crippen molar-refractivity contribution in [2.24, 2.45) is 0 Å². The number of halogens is 1. The number of benzene rings is 2. The van der Waals surface area contributed by atoms with Crippen LogP contribution in [0, 0.1) is 5.82 Å². The van der Waals surface area contributed by atoms with E-state index in [9.17, 15) is 4.39 Å². The van der Waals surface area contributed by atoms with Crippen LogP contribution in [-0.2, 0) is 5.41 Å². The summed E-state index contributed by atoms with van der Waals surface area (Å²) in [6.07, 6.45) is 1.69. The molecule has 24 heavy (non-hydrogen) atoms. The summed E-state index contributed by atoms with van der Waals surface area (Å²) in [5.41, 5.74) is 1.34. The first-order valence-corrected chi connectivity index (χ1v) is 7.70. The molecule has 0 aliphatic rings. The Morgan fingerprint density at radius 3 is 2.42 bits per heavy atom. The van der Waals surface area contributed by atoms with E-state index in [-0.39, 0.29) is 11.2 Å². The molecule has 0 saturated carbocycles. The largest absolute Gasteiger partial charge is 0.481 e. The lowest BCUT2D eigenvalue weighted by Gasteiger charge is -2.12. The maximum atomic E-state index is 13.9. The van der Waals surface area contributed by atoms with E-state index in [2.05, 4.69) is 31.0 Å². The van der Waals surface area contributed by atoms with Crippen molar-refractivity contribution >= 4 is 32.6 Å². The minimum atomic E-state index is -0.308. The fraction of sp³-hybridized carbons (Fsp3) is 0.278. The van der Waals surface area contributed by atoms with Gasteiger partial charge in [-0.15, -0.1) is 0 Å². The molecule has 122 valence electrons. The van der Waals surface area contributed by atoms with Gasteiger partial charge in [0.15, 0.2) is 0 Å². The summed E-state index contributed by atoms with van der Waals surface area (Å²) in [5, 5.41) is 10.1. The number of hydrogen-bond acceptors (Lipinski definition) is 4. The maximum Gasteiger partial charge on any atom is 0.216 e. The lowest BCUT2D eigenvalue weighted by atomic mass is 9.96. The Hall–Kier alpha value is -2.76. The summed E-state index contributed by atoms with van der Waals surface area (Å²) in [5.74, 6) is 0.922. The number of methoxy groups -OCH3 is 1. The van der Waals surface area contributed by atoms with Gasteiger partial charge in [-0.25, -0.2) is 19.5 Å². The number of fused-ring (bicyclic) bond motifs is 6. The van der Waals surface area contributed by atoms with Crippen molar-refractivity contribution in [2.45, 2.75) is 26.2 Å². The van der Waals surface area contributed by atoms with Crippen molar-refractivity contribution in [1.82, 2.24) is 20.2 Å². The van der Waals surface area contributed by atoms with Crippen molar-refractivity contribution in [2.75, 3.05) is 7.11 Å². The Balaban J connectivity index is 2.30. The van der Waals surface area contributed by atoms with Gasteiger partial charge in [0.25, 0.3) is 0 Å². The van der Waals surface area contributed by atoms with E-state index in [0.29, 0.717) is 5.88 Å². The van der Waals surface area contributed by atoms with Crippen LogP contribution in [0.3, 0.4) is 0 Å². The third-order valence-corrected chi connectivity index (χ3v) is 4.15. The van der Waals surface area contributed by atoms with Gasteiger partial charge in [0, 0.05) is 21.6 Å². The third-order valence-electron chi connectivity index (χ3n) is 4.15. The molecular formula is C18H17FN4O. The summed E-state index contributed by atoms with van der Waals surface area (Å²) in [6.45, 7) is 6.20. The standard InChI is InChI=1S/C18H17FN4O/c1-18(2,3)17-21-14-10-6-5-9(19)7-11(10)13-12(15(14)22-17)8-20-23-16(13)24-4/h5-8,23H,1-4H3. The van der Waals surface area contributed by atoms with Crippen LogP contribution in [0.15, 0.2) is 24.4 Å². The number of aromatic amines is 1. The van der Waals surface area contributed by atoms with Gasteiger partial charge in [0.1, 0.15) is 17.2 Å². The van der Waals surface area contributed by atoms with Crippen LogP contribution in [-0.4, -0.2) is 27.3 Å². The first-order chi connectivity index (χ1) is 11.4. The summed E-state index contributed by atoms with van der Waals surface area (Å²) < 4.78 is 19.3. The molecule has 5 nitrogen and oxygen atoms in total. The Kier molecular flexibility index (Phi) is 3.00. The molecule has 2 heterocycles. The van der Waals surface area contributed by atoms with E-state index >= 15 is 0 Å². The molecule has 2 aromatic heterocycles. The molecule has 4 aromatic rings. The highest BCUT2D eigenvalue weighted by atomic mass is 19.1. The Morgan fingerprint density at radius 2 is 1.75 bits per heavy atom. The van der Waals surface area contributed by atoms with Crippen molar-refractivity contribution in [1.29, 1.82) is 0 Å². The van der Waals surface area contributed by atoms with E-state index in [1.54, 1.807) is 19.4 Å². The molecule has 6 heteroatoms.